The Kier molecular flexibility index (Phi) is 3.94. The summed E-state index contributed by atoms with van der Waals surface area (Å²) in [6.45, 7) is 2.62. The summed E-state index contributed by atoms with van der Waals surface area (Å²) in [5.41, 5.74) is 0.357. The Morgan fingerprint density at radius 2 is 2.12 bits per heavy atom. The molecular weight excluding hydrogens is 238 g/mol. The second-order valence-corrected chi connectivity index (χ2v) is 4.83. The fourth-order valence-corrected chi connectivity index (χ4v) is 2.50. The van der Waals surface area contributed by atoms with Crippen molar-refractivity contribution in [3.8, 4) is 0 Å². The SMILES string of the molecule is Cc1nc(Cl)c(C=O)c(NCC2CCCC2)n1. The summed E-state index contributed by atoms with van der Waals surface area (Å²) in [5.74, 6) is 1.82. The molecule has 1 N–H and O–H groups in total. The molecule has 2 rings (SSSR count). The Labute approximate surface area is 106 Å². The lowest BCUT2D eigenvalue weighted by Crippen LogP contribution is -2.14. The number of hydrogen-bond acceptors (Lipinski definition) is 4. The predicted molar refractivity (Wildman–Crippen MR) is 67.6 cm³/mol. The van der Waals surface area contributed by atoms with Crippen LogP contribution < -0.4 is 5.32 Å². The molecule has 0 atom stereocenters. The van der Waals surface area contributed by atoms with Crippen LogP contribution in [-0.4, -0.2) is 22.8 Å². The van der Waals surface area contributed by atoms with Crippen molar-refractivity contribution in [2.45, 2.75) is 32.6 Å². The summed E-state index contributed by atoms with van der Waals surface area (Å²) in [6.07, 6.45) is 5.81. The molecule has 0 unspecified atom stereocenters. The van der Waals surface area contributed by atoms with Crippen molar-refractivity contribution in [3.05, 3.63) is 16.5 Å². The summed E-state index contributed by atoms with van der Waals surface area (Å²) in [6, 6.07) is 0. The molecule has 1 fully saturated rings. The van der Waals surface area contributed by atoms with E-state index in [9.17, 15) is 4.79 Å². The molecule has 1 heterocycles. The summed E-state index contributed by atoms with van der Waals surface area (Å²) < 4.78 is 0. The van der Waals surface area contributed by atoms with Crippen LogP contribution in [0.3, 0.4) is 0 Å². The van der Waals surface area contributed by atoms with Gasteiger partial charge < -0.3 is 5.32 Å². The first kappa shape index (κ1) is 12.3. The third-order valence-electron chi connectivity index (χ3n) is 3.16. The van der Waals surface area contributed by atoms with Crippen molar-refractivity contribution in [1.29, 1.82) is 0 Å². The summed E-state index contributed by atoms with van der Waals surface area (Å²) in [4.78, 5) is 19.1. The van der Waals surface area contributed by atoms with Crippen molar-refractivity contribution < 1.29 is 4.79 Å². The maximum atomic E-state index is 11.0. The molecule has 0 radical (unpaired) electrons. The maximum absolute atomic E-state index is 11.0. The quantitative estimate of drug-likeness (QED) is 0.662. The molecule has 1 aromatic heterocycles. The van der Waals surface area contributed by atoms with Crippen LogP contribution in [0.5, 0.6) is 0 Å². The van der Waals surface area contributed by atoms with E-state index in [4.69, 9.17) is 11.6 Å². The molecular formula is C12H16ClN3O. The molecule has 1 aliphatic rings. The van der Waals surface area contributed by atoms with E-state index in [-0.39, 0.29) is 5.15 Å². The third kappa shape index (κ3) is 2.94. The van der Waals surface area contributed by atoms with Gasteiger partial charge >= 0.3 is 0 Å². The second kappa shape index (κ2) is 5.45. The zero-order valence-electron chi connectivity index (χ0n) is 9.87. The highest BCUT2D eigenvalue weighted by molar-refractivity contribution is 6.32. The molecule has 1 aromatic rings. The molecule has 4 nitrogen and oxygen atoms in total. The smallest absolute Gasteiger partial charge is 0.156 e. The molecule has 5 heteroatoms. The fourth-order valence-electron chi connectivity index (χ4n) is 2.24. The standard InChI is InChI=1S/C12H16ClN3O/c1-8-15-11(13)10(7-17)12(16-8)14-6-9-4-2-3-5-9/h7,9H,2-6H2,1H3,(H,14,15,16). The van der Waals surface area contributed by atoms with Gasteiger partial charge in [-0.05, 0) is 25.7 Å². The topological polar surface area (TPSA) is 54.9 Å². The van der Waals surface area contributed by atoms with E-state index in [1.165, 1.54) is 25.7 Å². The Morgan fingerprint density at radius 3 is 2.76 bits per heavy atom. The Morgan fingerprint density at radius 1 is 1.41 bits per heavy atom. The van der Waals surface area contributed by atoms with Crippen LogP contribution in [0.4, 0.5) is 5.82 Å². The number of hydrogen-bond donors (Lipinski definition) is 1. The number of aldehydes is 1. The Bertz CT molecular complexity index is 416. The summed E-state index contributed by atoms with van der Waals surface area (Å²) in [7, 11) is 0. The third-order valence-corrected chi connectivity index (χ3v) is 3.45. The number of aromatic nitrogens is 2. The van der Waals surface area contributed by atoms with E-state index in [0.29, 0.717) is 29.4 Å². The number of anilines is 1. The van der Waals surface area contributed by atoms with Gasteiger partial charge in [-0.1, -0.05) is 24.4 Å². The van der Waals surface area contributed by atoms with Crippen molar-refractivity contribution in [2.24, 2.45) is 5.92 Å². The first-order valence-electron chi connectivity index (χ1n) is 5.94. The molecule has 1 aliphatic carbocycles. The monoisotopic (exact) mass is 253 g/mol. The van der Waals surface area contributed by atoms with Crippen molar-refractivity contribution in [1.82, 2.24) is 9.97 Å². The first-order chi connectivity index (χ1) is 8.20. The van der Waals surface area contributed by atoms with Gasteiger partial charge in [0.1, 0.15) is 16.8 Å². The van der Waals surface area contributed by atoms with Gasteiger partial charge in [0, 0.05) is 6.54 Å². The number of aryl methyl sites for hydroxylation is 1. The molecule has 17 heavy (non-hydrogen) atoms. The van der Waals surface area contributed by atoms with E-state index < -0.39 is 0 Å². The van der Waals surface area contributed by atoms with Crippen LogP contribution in [0.25, 0.3) is 0 Å². The van der Waals surface area contributed by atoms with Gasteiger partial charge in [0.2, 0.25) is 0 Å². The fraction of sp³-hybridized carbons (Fsp3) is 0.583. The largest absolute Gasteiger partial charge is 0.369 e. The molecule has 92 valence electrons. The van der Waals surface area contributed by atoms with Gasteiger partial charge in [-0.15, -0.1) is 0 Å². The molecule has 0 bridgehead atoms. The van der Waals surface area contributed by atoms with E-state index >= 15 is 0 Å². The van der Waals surface area contributed by atoms with Crippen molar-refractivity contribution >= 4 is 23.7 Å². The van der Waals surface area contributed by atoms with Crippen molar-refractivity contribution in [3.63, 3.8) is 0 Å². The normalized spacial score (nSPS) is 16.1. The van der Waals surface area contributed by atoms with Crippen LogP contribution >= 0.6 is 11.6 Å². The average Bonchev–Trinajstić information content (AvgIpc) is 2.78. The summed E-state index contributed by atoms with van der Waals surface area (Å²) >= 11 is 5.91. The maximum Gasteiger partial charge on any atom is 0.156 e. The average molecular weight is 254 g/mol. The van der Waals surface area contributed by atoms with Gasteiger partial charge in [-0.25, -0.2) is 9.97 Å². The minimum atomic E-state index is 0.224. The molecule has 0 spiro atoms. The highest BCUT2D eigenvalue weighted by atomic mass is 35.5. The van der Waals surface area contributed by atoms with Gasteiger partial charge in [0.25, 0.3) is 0 Å². The number of carbonyl (C=O) groups excluding carboxylic acids is 1. The van der Waals surface area contributed by atoms with E-state index in [1.54, 1.807) is 6.92 Å². The van der Waals surface area contributed by atoms with Crippen LogP contribution in [0.15, 0.2) is 0 Å². The van der Waals surface area contributed by atoms with Crippen LogP contribution in [-0.2, 0) is 0 Å². The number of rotatable bonds is 4. The predicted octanol–water partition coefficient (Wildman–Crippen LogP) is 2.85. The zero-order valence-corrected chi connectivity index (χ0v) is 10.6. The van der Waals surface area contributed by atoms with Crippen LogP contribution in [0.1, 0.15) is 41.9 Å². The first-order valence-corrected chi connectivity index (χ1v) is 6.31. The lowest BCUT2D eigenvalue weighted by atomic mass is 10.1. The molecule has 0 aliphatic heterocycles. The van der Waals surface area contributed by atoms with E-state index in [0.717, 1.165) is 6.54 Å². The minimum absolute atomic E-state index is 0.224. The van der Waals surface area contributed by atoms with Crippen LogP contribution in [0, 0.1) is 12.8 Å². The van der Waals surface area contributed by atoms with E-state index in [2.05, 4.69) is 15.3 Å². The lowest BCUT2D eigenvalue weighted by molar-refractivity contribution is 0.112. The molecule has 1 saturated carbocycles. The number of nitrogens with zero attached hydrogens (tertiary/aromatic N) is 2. The number of halogens is 1. The number of nitrogens with one attached hydrogen (secondary N) is 1. The molecule has 0 saturated heterocycles. The second-order valence-electron chi connectivity index (χ2n) is 4.47. The highest BCUT2D eigenvalue weighted by Crippen LogP contribution is 2.26. The Hall–Kier alpha value is -1.16. The Balaban J connectivity index is 2.10. The number of carbonyl (C=O) groups is 1. The van der Waals surface area contributed by atoms with Gasteiger partial charge in [0.15, 0.2) is 6.29 Å². The minimum Gasteiger partial charge on any atom is -0.369 e. The van der Waals surface area contributed by atoms with Gasteiger partial charge in [-0.3, -0.25) is 4.79 Å². The lowest BCUT2D eigenvalue weighted by Gasteiger charge is -2.13. The zero-order chi connectivity index (χ0) is 12.3. The molecule has 0 aromatic carbocycles. The van der Waals surface area contributed by atoms with E-state index in [1.807, 2.05) is 0 Å². The van der Waals surface area contributed by atoms with Gasteiger partial charge in [0.05, 0.1) is 5.56 Å². The highest BCUT2D eigenvalue weighted by Gasteiger charge is 2.16. The molecule has 0 amide bonds. The van der Waals surface area contributed by atoms with Crippen LogP contribution in [0.2, 0.25) is 5.15 Å². The summed E-state index contributed by atoms with van der Waals surface area (Å²) in [5, 5.41) is 3.44. The van der Waals surface area contributed by atoms with Gasteiger partial charge in [-0.2, -0.15) is 0 Å². The van der Waals surface area contributed by atoms with Crippen molar-refractivity contribution in [2.75, 3.05) is 11.9 Å².